The first-order valence-corrected chi connectivity index (χ1v) is 9.71. The quantitative estimate of drug-likeness (QED) is 0.466. The maximum absolute atomic E-state index is 12.9. The van der Waals surface area contributed by atoms with Crippen molar-refractivity contribution < 1.29 is 9.90 Å². The fourth-order valence-corrected chi connectivity index (χ4v) is 3.12. The molecule has 4 rings (SSSR count). The van der Waals surface area contributed by atoms with Crippen molar-refractivity contribution in [3.8, 4) is 23.2 Å². The highest BCUT2D eigenvalue weighted by Crippen LogP contribution is 2.22. The summed E-state index contributed by atoms with van der Waals surface area (Å²) >= 11 is 3.31. The van der Waals surface area contributed by atoms with Crippen LogP contribution < -0.4 is 10.9 Å². The van der Waals surface area contributed by atoms with Crippen molar-refractivity contribution in [3.05, 3.63) is 92.9 Å². The molecule has 1 amide bonds. The second-order valence-corrected chi connectivity index (χ2v) is 7.24. The third-order valence-corrected chi connectivity index (χ3v) is 4.85. The number of carbonyl (C=O) groups excluding carboxylic acids is 1. The highest BCUT2D eigenvalue weighted by molar-refractivity contribution is 9.10. The molecule has 0 atom stereocenters. The Labute approximate surface area is 183 Å². The molecule has 0 fully saturated rings. The van der Waals surface area contributed by atoms with E-state index in [1.807, 2.05) is 12.1 Å². The molecule has 10 heteroatoms. The molecule has 0 unspecified atom stereocenters. The lowest BCUT2D eigenvalue weighted by Crippen LogP contribution is -2.26. The van der Waals surface area contributed by atoms with E-state index in [9.17, 15) is 20.0 Å². The number of carbonyl (C=O) groups is 1. The third-order valence-electron chi connectivity index (χ3n) is 4.32. The van der Waals surface area contributed by atoms with E-state index in [0.717, 1.165) is 15.2 Å². The van der Waals surface area contributed by atoms with Gasteiger partial charge in [0.25, 0.3) is 11.5 Å². The van der Waals surface area contributed by atoms with Gasteiger partial charge < -0.3 is 10.4 Å². The van der Waals surface area contributed by atoms with Gasteiger partial charge >= 0.3 is 0 Å². The van der Waals surface area contributed by atoms with Crippen molar-refractivity contribution in [1.82, 2.24) is 19.6 Å². The van der Waals surface area contributed by atoms with Crippen molar-refractivity contribution in [1.29, 1.82) is 5.26 Å². The van der Waals surface area contributed by atoms with E-state index in [-0.39, 0.29) is 17.1 Å². The van der Waals surface area contributed by atoms with Crippen LogP contribution in [0.4, 0.5) is 5.82 Å². The summed E-state index contributed by atoms with van der Waals surface area (Å²) in [6.45, 7) is 0. The molecule has 2 heterocycles. The molecular weight excluding hydrogens is 464 g/mol. The molecule has 0 bridgehead atoms. The van der Waals surface area contributed by atoms with Crippen molar-refractivity contribution in [3.63, 3.8) is 0 Å². The Morgan fingerprint density at radius 1 is 1.06 bits per heavy atom. The molecular formula is C21H13BrN6O3. The topological polar surface area (TPSA) is 126 Å². The first-order valence-electron chi connectivity index (χ1n) is 8.92. The first kappa shape index (κ1) is 20.1. The van der Waals surface area contributed by atoms with Gasteiger partial charge in [-0.3, -0.25) is 9.59 Å². The number of anilines is 1. The summed E-state index contributed by atoms with van der Waals surface area (Å²) in [6, 6.07) is 18.5. The predicted octanol–water partition coefficient (Wildman–Crippen LogP) is 3.01. The van der Waals surface area contributed by atoms with Gasteiger partial charge in [-0.05, 0) is 36.4 Å². The number of nitrogens with zero attached hydrogens (tertiary/aromatic N) is 5. The molecule has 0 saturated heterocycles. The zero-order valence-electron chi connectivity index (χ0n) is 15.7. The number of hydrogen-bond donors (Lipinski definition) is 2. The summed E-state index contributed by atoms with van der Waals surface area (Å²) in [4.78, 5) is 25.2. The zero-order valence-corrected chi connectivity index (χ0v) is 17.3. The first-order chi connectivity index (χ1) is 15.0. The maximum Gasteiger partial charge on any atom is 0.281 e. The van der Waals surface area contributed by atoms with E-state index < -0.39 is 17.2 Å². The van der Waals surface area contributed by atoms with Crippen molar-refractivity contribution in [2.24, 2.45) is 0 Å². The minimum Gasteiger partial charge on any atom is -0.505 e. The normalized spacial score (nSPS) is 10.5. The SMILES string of the molecule is N#Cc1cnn(-c2ccccc2)c1NC(=O)c1nn(-c2ccc(Br)cc2)c(=O)cc1O. The van der Waals surface area contributed by atoms with Crippen LogP contribution in [0.25, 0.3) is 11.4 Å². The number of nitriles is 1. The third kappa shape index (κ3) is 3.94. The second-order valence-electron chi connectivity index (χ2n) is 6.32. The van der Waals surface area contributed by atoms with Gasteiger partial charge in [-0.25, -0.2) is 4.68 Å². The molecule has 0 aliphatic heterocycles. The Hall–Kier alpha value is -4.23. The summed E-state index contributed by atoms with van der Waals surface area (Å²) in [5.41, 5.74) is 0.166. The van der Waals surface area contributed by atoms with E-state index in [1.165, 1.54) is 10.9 Å². The Bertz CT molecular complexity index is 1370. The Balaban J connectivity index is 1.74. The van der Waals surface area contributed by atoms with Crippen molar-refractivity contribution >= 4 is 27.7 Å². The molecule has 4 aromatic rings. The standard InChI is InChI=1S/C21H13BrN6O3/c22-14-6-8-16(9-7-14)27-18(30)10-17(29)19(26-27)21(31)25-20-13(11-23)12-24-28(20)15-4-2-1-3-5-15/h1-10,12,29H,(H,25,31). The maximum atomic E-state index is 12.9. The largest absolute Gasteiger partial charge is 0.505 e. The second kappa shape index (κ2) is 8.25. The molecule has 31 heavy (non-hydrogen) atoms. The van der Waals surface area contributed by atoms with Gasteiger partial charge in [-0.15, -0.1) is 0 Å². The van der Waals surface area contributed by atoms with E-state index in [1.54, 1.807) is 48.5 Å². The Kier molecular flexibility index (Phi) is 5.34. The fourth-order valence-electron chi connectivity index (χ4n) is 2.86. The summed E-state index contributed by atoms with van der Waals surface area (Å²) < 4.78 is 3.19. The molecule has 9 nitrogen and oxygen atoms in total. The molecule has 0 aliphatic carbocycles. The van der Waals surface area contributed by atoms with Crippen molar-refractivity contribution in [2.75, 3.05) is 5.32 Å². The number of para-hydroxylation sites is 1. The molecule has 0 spiro atoms. The van der Waals surface area contributed by atoms with Crippen LogP contribution in [-0.4, -0.2) is 30.6 Å². The Morgan fingerprint density at radius 3 is 2.42 bits per heavy atom. The van der Waals surface area contributed by atoms with Crippen LogP contribution >= 0.6 is 15.9 Å². The summed E-state index contributed by atoms with van der Waals surface area (Å²) in [5, 5.41) is 30.3. The number of nitrogens with one attached hydrogen (secondary N) is 1. The van der Waals surface area contributed by atoms with Crippen LogP contribution in [-0.2, 0) is 0 Å². The number of amides is 1. The van der Waals surface area contributed by atoms with E-state index in [4.69, 9.17) is 0 Å². The van der Waals surface area contributed by atoms with Gasteiger partial charge in [0, 0.05) is 10.5 Å². The summed E-state index contributed by atoms with van der Waals surface area (Å²) in [7, 11) is 0. The van der Waals surface area contributed by atoms with E-state index in [0.29, 0.717) is 11.4 Å². The number of aromatic nitrogens is 4. The molecule has 0 radical (unpaired) electrons. The average molecular weight is 477 g/mol. The molecule has 0 aliphatic rings. The summed E-state index contributed by atoms with van der Waals surface area (Å²) in [5.74, 6) is -1.28. The fraction of sp³-hybridized carbons (Fsp3) is 0. The minimum absolute atomic E-state index is 0.112. The lowest BCUT2D eigenvalue weighted by atomic mass is 10.3. The van der Waals surface area contributed by atoms with Gasteiger partial charge in [0.2, 0.25) is 0 Å². The lowest BCUT2D eigenvalue weighted by Gasteiger charge is -2.11. The van der Waals surface area contributed by atoms with E-state index >= 15 is 0 Å². The van der Waals surface area contributed by atoms with Gasteiger partial charge in [0.1, 0.15) is 11.6 Å². The predicted molar refractivity (Wildman–Crippen MR) is 115 cm³/mol. The molecule has 152 valence electrons. The number of benzene rings is 2. The minimum atomic E-state index is -0.808. The molecule has 0 saturated carbocycles. The lowest BCUT2D eigenvalue weighted by molar-refractivity contribution is 0.101. The van der Waals surface area contributed by atoms with Crippen LogP contribution in [0.2, 0.25) is 0 Å². The van der Waals surface area contributed by atoms with Crippen LogP contribution in [0.5, 0.6) is 5.75 Å². The average Bonchev–Trinajstić information content (AvgIpc) is 3.17. The monoisotopic (exact) mass is 476 g/mol. The zero-order chi connectivity index (χ0) is 22.0. The highest BCUT2D eigenvalue weighted by atomic mass is 79.9. The van der Waals surface area contributed by atoms with Gasteiger partial charge in [-0.2, -0.15) is 20.1 Å². The number of halogens is 1. The van der Waals surface area contributed by atoms with Crippen molar-refractivity contribution in [2.45, 2.75) is 0 Å². The number of rotatable bonds is 4. The number of aromatic hydroxyl groups is 1. The molecule has 2 aromatic heterocycles. The summed E-state index contributed by atoms with van der Waals surface area (Å²) in [6.07, 6.45) is 1.32. The van der Waals surface area contributed by atoms with Crippen LogP contribution in [0.1, 0.15) is 16.1 Å². The van der Waals surface area contributed by atoms with Crippen LogP contribution in [0.15, 0.2) is 76.1 Å². The molecule has 2 N–H and O–H groups in total. The van der Waals surface area contributed by atoms with Crippen LogP contribution in [0.3, 0.4) is 0 Å². The van der Waals surface area contributed by atoms with Gasteiger partial charge in [0.15, 0.2) is 17.3 Å². The van der Waals surface area contributed by atoms with Gasteiger partial charge in [0.05, 0.1) is 17.6 Å². The number of hydrogen-bond acceptors (Lipinski definition) is 6. The van der Waals surface area contributed by atoms with E-state index in [2.05, 4.69) is 31.4 Å². The highest BCUT2D eigenvalue weighted by Gasteiger charge is 2.21. The van der Waals surface area contributed by atoms with Crippen LogP contribution in [0, 0.1) is 11.3 Å². The Morgan fingerprint density at radius 2 is 1.74 bits per heavy atom. The molecule has 2 aromatic carbocycles. The van der Waals surface area contributed by atoms with Gasteiger partial charge in [-0.1, -0.05) is 34.1 Å². The smallest absolute Gasteiger partial charge is 0.281 e.